The van der Waals surface area contributed by atoms with Gasteiger partial charge in [0.2, 0.25) is 5.95 Å². The first-order chi connectivity index (χ1) is 16.2. The molecule has 2 amide bonds. The molecule has 0 aliphatic carbocycles. The molecule has 1 aromatic heterocycles. The fraction of sp³-hybridized carbons (Fsp3) is 0.444. The van der Waals surface area contributed by atoms with Crippen molar-refractivity contribution < 1.29 is 9.59 Å². The third-order valence-corrected chi connectivity index (χ3v) is 5.65. The summed E-state index contributed by atoms with van der Waals surface area (Å²) in [7, 11) is 0. The lowest BCUT2D eigenvalue weighted by atomic mass is 10.1. The number of fused-ring (bicyclic) bond motifs is 1. The maximum atomic E-state index is 13.4. The van der Waals surface area contributed by atoms with Gasteiger partial charge < -0.3 is 15.2 Å². The number of hydrogen-bond acceptors (Lipinski definition) is 4. The Bertz CT molecular complexity index is 1140. The molecule has 0 saturated carbocycles. The molecule has 0 radical (unpaired) electrons. The SMILES string of the molecule is Cc1ccccc1C(=O)Nc1nc2ccc(C(=O)N(CC(C)C)CC(C)C)cc2n1CCCN. The summed E-state index contributed by atoms with van der Waals surface area (Å²) in [6.07, 6.45) is 0.726. The Balaban J connectivity index is 1.98. The van der Waals surface area contributed by atoms with E-state index in [1.54, 1.807) is 6.07 Å². The number of carbonyl (C=O) groups excluding carboxylic acids is 2. The molecule has 7 heteroatoms. The van der Waals surface area contributed by atoms with E-state index in [4.69, 9.17) is 5.73 Å². The number of hydrogen-bond donors (Lipinski definition) is 2. The van der Waals surface area contributed by atoms with Crippen molar-refractivity contribution in [2.75, 3.05) is 25.0 Å². The van der Waals surface area contributed by atoms with Gasteiger partial charge in [-0.1, -0.05) is 45.9 Å². The fourth-order valence-corrected chi connectivity index (χ4v) is 4.13. The lowest BCUT2D eigenvalue weighted by molar-refractivity contribution is 0.0715. The van der Waals surface area contributed by atoms with Crippen molar-refractivity contribution in [2.45, 2.75) is 47.6 Å². The first kappa shape index (κ1) is 25.4. The Morgan fingerprint density at radius 3 is 2.35 bits per heavy atom. The second kappa shape index (κ2) is 11.3. The Hall–Kier alpha value is -3.19. The van der Waals surface area contributed by atoms with Gasteiger partial charge in [0.1, 0.15) is 0 Å². The van der Waals surface area contributed by atoms with Gasteiger partial charge in [-0.2, -0.15) is 0 Å². The van der Waals surface area contributed by atoms with Gasteiger partial charge in [-0.25, -0.2) is 4.98 Å². The number of aryl methyl sites for hydroxylation is 2. The molecule has 0 aliphatic heterocycles. The summed E-state index contributed by atoms with van der Waals surface area (Å²) in [4.78, 5) is 33.0. The summed E-state index contributed by atoms with van der Waals surface area (Å²) < 4.78 is 1.95. The highest BCUT2D eigenvalue weighted by molar-refractivity contribution is 6.05. The number of benzene rings is 2. The van der Waals surface area contributed by atoms with Gasteiger partial charge in [0.25, 0.3) is 11.8 Å². The minimum atomic E-state index is -0.209. The van der Waals surface area contributed by atoms with Gasteiger partial charge in [0.15, 0.2) is 0 Å². The van der Waals surface area contributed by atoms with Crippen LogP contribution in [-0.4, -0.2) is 45.9 Å². The van der Waals surface area contributed by atoms with E-state index in [0.717, 1.165) is 23.0 Å². The first-order valence-corrected chi connectivity index (χ1v) is 12.1. The van der Waals surface area contributed by atoms with E-state index in [1.165, 1.54) is 0 Å². The van der Waals surface area contributed by atoms with Crippen molar-refractivity contribution in [3.05, 3.63) is 59.2 Å². The lowest BCUT2D eigenvalue weighted by Gasteiger charge is -2.26. The normalized spacial score (nSPS) is 11.4. The van der Waals surface area contributed by atoms with Gasteiger partial charge >= 0.3 is 0 Å². The Kier molecular flexibility index (Phi) is 8.45. The van der Waals surface area contributed by atoms with Gasteiger partial charge in [0, 0.05) is 30.8 Å². The molecule has 0 atom stereocenters. The minimum Gasteiger partial charge on any atom is -0.338 e. The van der Waals surface area contributed by atoms with Crippen LogP contribution in [0.2, 0.25) is 0 Å². The van der Waals surface area contributed by atoms with Crippen molar-refractivity contribution in [3.63, 3.8) is 0 Å². The topological polar surface area (TPSA) is 93.2 Å². The Morgan fingerprint density at radius 1 is 1.06 bits per heavy atom. The van der Waals surface area contributed by atoms with Crippen LogP contribution in [0.3, 0.4) is 0 Å². The van der Waals surface area contributed by atoms with Gasteiger partial charge in [-0.15, -0.1) is 0 Å². The van der Waals surface area contributed by atoms with Crippen molar-refractivity contribution >= 4 is 28.8 Å². The zero-order valence-electron chi connectivity index (χ0n) is 21.0. The average Bonchev–Trinajstić information content (AvgIpc) is 3.12. The van der Waals surface area contributed by atoms with Gasteiger partial charge in [-0.3, -0.25) is 14.9 Å². The van der Waals surface area contributed by atoms with Crippen LogP contribution in [0.15, 0.2) is 42.5 Å². The molecule has 0 bridgehead atoms. The molecule has 0 fully saturated rings. The predicted molar refractivity (Wildman–Crippen MR) is 138 cm³/mol. The number of nitrogens with one attached hydrogen (secondary N) is 1. The Labute approximate surface area is 202 Å². The summed E-state index contributed by atoms with van der Waals surface area (Å²) in [5.41, 5.74) is 9.45. The number of imidazole rings is 1. The first-order valence-electron chi connectivity index (χ1n) is 12.1. The number of amides is 2. The number of nitrogens with zero attached hydrogens (tertiary/aromatic N) is 3. The minimum absolute atomic E-state index is 0.0152. The average molecular weight is 464 g/mol. The van der Waals surface area contributed by atoms with Crippen molar-refractivity contribution in [2.24, 2.45) is 17.6 Å². The molecule has 2 aromatic carbocycles. The van der Waals surface area contributed by atoms with E-state index in [0.29, 0.717) is 55.1 Å². The number of anilines is 1. The van der Waals surface area contributed by atoms with Gasteiger partial charge in [0.05, 0.1) is 11.0 Å². The van der Waals surface area contributed by atoms with E-state index in [9.17, 15) is 9.59 Å². The van der Waals surface area contributed by atoms with Crippen LogP contribution in [-0.2, 0) is 6.54 Å². The van der Waals surface area contributed by atoms with Crippen LogP contribution < -0.4 is 11.1 Å². The van der Waals surface area contributed by atoms with E-state index < -0.39 is 0 Å². The number of aromatic nitrogens is 2. The summed E-state index contributed by atoms with van der Waals surface area (Å²) in [6.45, 7) is 12.9. The predicted octanol–water partition coefficient (Wildman–Crippen LogP) is 4.70. The van der Waals surface area contributed by atoms with E-state index >= 15 is 0 Å². The second-order valence-corrected chi connectivity index (χ2v) is 9.70. The number of nitrogens with two attached hydrogens (primary N) is 1. The summed E-state index contributed by atoms with van der Waals surface area (Å²) in [6, 6.07) is 13.0. The standard InChI is InChI=1S/C27H37N5O2/c1-18(2)16-31(17-19(3)4)26(34)21-11-12-23-24(15-21)32(14-8-13-28)27(29-23)30-25(33)22-10-7-6-9-20(22)5/h6-7,9-12,15,18-19H,8,13-14,16-17,28H2,1-5H3,(H,29,30,33). The van der Waals surface area contributed by atoms with E-state index in [1.807, 2.05) is 52.8 Å². The van der Waals surface area contributed by atoms with Crippen molar-refractivity contribution in [1.29, 1.82) is 0 Å². The van der Waals surface area contributed by atoms with E-state index in [-0.39, 0.29) is 11.8 Å². The molecule has 3 rings (SSSR count). The molecular weight excluding hydrogens is 426 g/mol. The zero-order valence-corrected chi connectivity index (χ0v) is 21.0. The van der Waals surface area contributed by atoms with Crippen LogP contribution >= 0.6 is 0 Å². The molecule has 182 valence electrons. The zero-order chi connectivity index (χ0) is 24.8. The highest BCUT2D eigenvalue weighted by atomic mass is 16.2. The summed E-state index contributed by atoms with van der Waals surface area (Å²) in [5.74, 6) is 1.03. The number of rotatable bonds is 10. The maximum absolute atomic E-state index is 13.4. The molecule has 34 heavy (non-hydrogen) atoms. The molecule has 7 nitrogen and oxygen atoms in total. The van der Waals surface area contributed by atoms with Crippen molar-refractivity contribution in [3.8, 4) is 0 Å². The lowest BCUT2D eigenvalue weighted by Crippen LogP contribution is -2.37. The van der Waals surface area contributed by atoms with Crippen LogP contribution in [0.1, 0.15) is 60.4 Å². The third kappa shape index (κ3) is 6.03. The quantitative estimate of drug-likeness (QED) is 0.456. The smallest absolute Gasteiger partial charge is 0.258 e. The molecule has 3 aromatic rings. The van der Waals surface area contributed by atoms with Gasteiger partial charge in [-0.05, 0) is 61.6 Å². The molecule has 1 heterocycles. The van der Waals surface area contributed by atoms with Crippen LogP contribution in [0.25, 0.3) is 11.0 Å². The second-order valence-electron chi connectivity index (χ2n) is 9.70. The molecule has 0 aliphatic rings. The molecule has 0 spiro atoms. The van der Waals surface area contributed by atoms with Crippen LogP contribution in [0.5, 0.6) is 0 Å². The number of carbonyl (C=O) groups is 2. The third-order valence-electron chi connectivity index (χ3n) is 5.65. The highest BCUT2D eigenvalue weighted by Gasteiger charge is 2.21. The maximum Gasteiger partial charge on any atom is 0.258 e. The summed E-state index contributed by atoms with van der Waals surface area (Å²) in [5, 5.41) is 2.97. The largest absolute Gasteiger partial charge is 0.338 e. The molecule has 3 N–H and O–H groups in total. The Morgan fingerprint density at radius 2 is 1.74 bits per heavy atom. The molecule has 0 unspecified atom stereocenters. The van der Waals surface area contributed by atoms with E-state index in [2.05, 4.69) is 38.0 Å². The molecular formula is C27H37N5O2. The fourth-order valence-electron chi connectivity index (χ4n) is 4.13. The monoisotopic (exact) mass is 463 g/mol. The van der Waals surface area contributed by atoms with Crippen LogP contribution in [0, 0.1) is 18.8 Å². The molecule has 0 saturated heterocycles. The van der Waals surface area contributed by atoms with Crippen LogP contribution in [0.4, 0.5) is 5.95 Å². The van der Waals surface area contributed by atoms with Crippen molar-refractivity contribution in [1.82, 2.24) is 14.5 Å². The highest BCUT2D eigenvalue weighted by Crippen LogP contribution is 2.24. The summed E-state index contributed by atoms with van der Waals surface area (Å²) >= 11 is 0.